The molecule has 0 atom stereocenters. The third-order valence-corrected chi connectivity index (χ3v) is 2.30. The Bertz CT molecular complexity index is 446. The number of pyridine rings is 1. The average Bonchev–Trinajstić information content (AvgIpc) is 2.33. The van der Waals surface area contributed by atoms with E-state index >= 15 is 0 Å². The highest BCUT2D eigenvalue weighted by molar-refractivity contribution is 6.00. The quantitative estimate of drug-likeness (QED) is 0.696. The molecule has 4 N–H and O–H groups in total. The second kappa shape index (κ2) is 6.58. The largest absolute Gasteiger partial charge is 0.398 e. The van der Waals surface area contributed by atoms with Crippen LogP contribution in [-0.2, 0) is 4.79 Å². The van der Waals surface area contributed by atoms with Gasteiger partial charge in [-0.05, 0) is 19.4 Å². The van der Waals surface area contributed by atoms with Gasteiger partial charge in [-0.1, -0.05) is 6.92 Å². The molecule has 0 aromatic carbocycles. The van der Waals surface area contributed by atoms with E-state index in [0.29, 0.717) is 12.2 Å². The molecule has 98 valence electrons. The number of aryl methyl sites for hydroxylation is 1. The Morgan fingerprint density at radius 3 is 2.72 bits per heavy atom. The van der Waals surface area contributed by atoms with Crippen molar-refractivity contribution >= 4 is 17.5 Å². The minimum Gasteiger partial charge on any atom is -0.398 e. The fourth-order valence-corrected chi connectivity index (χ4v) is 1.35. The molecular formula is C12H18N4O2. The summed E-state index contributed by atoms with van der Waals surface area (Å²) in [7, 11) is 0. The van der Waals surface area contributed by atoms with Crippen molar-refractivity contribution in [2.24, 2.45) is 0 Å². The summed E-state index contributed by atoms with van der Waals surface area (Å²) in [6, 6.07) is 1.62. The van der Waals surface area contributed by atoms with Gasteiger partial charge in [0.25, 0.3) is 5.91 Å². The normalized spacial score (nSPS) is 9.89. The fourth-order valence-electron chi connectivity index (χ4n) is 1.35. The SMILES string of the molecule is CCCNC(=O)CNC(=O)c1cnc(C)cc1N. The predicted octanol–water partition coefficient (Wildman–Crippen LogP) is 0.228. The first-order valence-corrected chi connectivity index (χ1v) is 5.81. The maximum atomic E-state index is 11.7. The lowest BCUT2D eigenvalue weighted by atomic mass is 10.2. The Balaban J connectivity index is 2.53. The average molecular weight is 250 g/mol. The lowest BCUT2D eigenvalue weighted by Gasteiger charge is -2.08. The Morgan fingerprint density at radius 2 is 2.11 bits per heavy atom. The molecular weight excluding hydrogens is 232 g/mol. The lowest BCUT2D eigenvalue weighted by molar-refractivity contribution is -0.120. The first-order valence-electron chi connectivity index (χ1n) is 5.81. The standard InChI is InChI=1S/C12H18N4O2/c1-3-4-14-11(17)7-16-12(18)9-6-15-8(2)5-10(9)13/h5-6H,3-4,7H2,1-2H3,(H2,13,15)(H,14,17)(H,16,18). The molecule has 0 spiro atoms. The molecule has 1 rings (SSSR count). The van der Waals surface area contributed by atoms with Crippen LogP contribution in [0.4, 0.5) is 5.69 Å². The van der Waals surface area contributed by atoms with Crippen LogP contribution in [0.3, 0.4) is 0 Å². The number of hydrogen-bond acceptors (Lipinski definition) is 4. The van der Waals surface area contributed by atoms with E-state index in [1.54, 1.807) is 13.0 Å². The molecule has 2 amide bonds. The van der Waals surface area contributed by atoms with Gasteiger partial charge >= 0.3 is 0 Å². The fraction of sp³-hybridized carbons (Fsp3) is 0.417. The summed E-state index contributed by atoms with van der Waals surface area (Å²) >= 11 is 0. The molecule has 18 heavy (non-hydrogen) atoms. The van der Waals surface area contributed by atoms with Crippen LogP contribution in [0, 0.1) is 6.92 Å². The Morgan fingerprint density at radius 1 is 1.39 bits per heavy atom. The van der Waals surface area contributed by atoms with E-state index in [4.69, 9.17) is 5.73 Å². The highest BCUT2D eigenvalue weighted by atomic mass is 16.2. The van der Waals surface area contributed by atoms with Crippen LogP contribution < -0.4 is 16.4 Å². The molecule has 0 fully saturated rings. The Labute approximate surface area is 106 Å². The number of amides is 2. The van der Waals surface area contributed by atoms with Gasteiger partial charge in [-0.25, -0.2) is 0 Å². The van der Waals surface area contributed by atoms with Gasteiger partial charge < -0.3 is 16.4 Å². The van der Waals surface area contributed by atoms with E-state index in [9.17, 15) is 9.59 Å². The predicted molar refractivity (Wildman–Crippen MR) is 69.0 cm³/mol. The van der Waals surface area contributed by atoms with Crippen LogP contribution in [-0.4, -0.2) is 29.9 Å². The number of carbonyl (C=O) groups excluding carboxylic acids is 2. The van der Waals surface area contributed by atoms with Crippen LogP contribution in [0.2, 0.25) is 0 Å². The Kier molecular flexibility index (Phi) is 5.10. The first-order chi connectivity index (χ1) is 8.54. The molecule has 0 unspecified atom stereocenters. The van der Waals surface area contributed by atoms with E-state index in [1.807, 2.05) is 6.92 Å². The van der Waals surface area contributed by atoms with Crippen molar-refractivity contribution in [1.82, 2.24) is 15.6 Å². The number of nitrogens with one attached hydrogen (secondary N) is 2. The number of nitrogen functional groups attached to an aromatic ring is 1. The van der Waals surface area contributed by atoms with Gasteiger partial charge in [-0.2, -0.15) is 0 Å². The van der Waals surface area contributed by atoms with Crippen molar-refractivity contribution in [3.63, 3.8) is 0 Å². The van der Waals surface area contributed by atoms with Gasteiger partial charge in [0.2, 0.25) is 5.91 Å². The molecule has 6 heteroatoms. The molecule has 1 aromatic rings. The number of nitrogens with two attached hydrogens (primary N) is 1. The van der Waals surface area contributed by atoms with Crippen LogP contribution >= 0.6 is 0 Å². The van der Waals surface area contributed by atoms with Gasteiger partial charge in [-0.15, -0.1) is 0 Å². The zero-order valence-electron chi connectivity index (χ0n) is 10.6. The van der Waals surface area contributed by atoms with E-state index in [2.05, 4.69) is 15.6 Å². The highest BCUT2D eigenvalue weighted by Crippen LogP contribution is 2.10. The minimum atomic E-state index is -0.397. The summed E-state index contributed by atoms with van der Waals surface area (Å²) in [4.78, 5) is 27.0. The Hall–Kier alpha value is -2.11. The number of hydrogen-bond donors (Lipinski definition) is 3. The molecule has 0 aliphatic carbocycles. The molecule has 0 aliphatic heterocycles. The lowest BCUT2D eigenvalue weighted by Crippen LogP contribution is -2.37. The van der Waals surface area contributed by atoms with Gasteiger partial charge in [0, 0.05) is 24.1 Å². The monoisotopic (exact) mass is 250 g/mol. The number of aromatic nitrogens is 1. The molecule has 1 heterocycles. The molecule has 0 bridgehead atoms. The summed E-state index contributed by atoms with van der Waals surface area (Å²) in [6.07, 6.45) is 2.26. The summed E-state index contributed by atoms with van der Waals surface area (Å²) in [5.74, 6) is -0.615. The third-order valence-electron chi connectivity index (χ3n) is 2.30. The first kappa shape index (κ1) is 14.0. The van der Waals surface area contributed by atoms with E-state index in [1.165, 1.54) is 6.20 Å². The number of rotatable bonds is 5. The highest BCUT2D eigenvalue weighted by Gasteiger charge is 2.11. The van der Waals surface area contributed by atoms with Crippen molar-refractivity contribution in [2.75, 3.05) is 18.8 Å². The van der Waals surface area contributed by atoms with Crippen molar-refractivity contribution < 1.29 is 9.59 Å². The smallest absolute Gasteiger partial charge is 0.255 e. The summed E-state index contributed by atoms with van der Waals surface area (Å²) < 4.78 is 0. The van der Waals surface area contributed by atoms with Crippen molar-refractivity contribution in [3.05, 3.63) is 23.5 Å². The topological polar surface area (TPSA) is 97.1 Å². The van der Waals surface area contributed by atoms with Crippen LogP contribution in [0.5, 0.6) is 0 Å². The van der Waals surface area contributed by atoms with Crippen LogP contribution in [0.1, 0.15) is 29.4 Å². The number of nitrogens with zero attached hydrogens (tertiary/aromatic N) is 1. The van der Waals surface area contributed by atoms with Crippen LogP contribution in [0.15, 0.2) is 12.3 Å². The maximum absolute atomic E-state index is 11.7. The molecule has 6 nitrogen and oxygen atoms in total. The zero-order chi connectivity index (χ0) is 13.5. The van der Waals surface area contributed by atoms with Gasteiger partial charge in [0.05, 0.1) is 12.1 Å². The zero-order valence-corrected chi connectivity index (χ0v) is 10.6. The van der Waals surface area contributed by atoms with Gasteiger partial charge in [0.15, 0.2) is 0 Å². The number of anilines is 1. The van der Waals surface area contributed by atoms with Gasteiger partial charge in [-0.3, -0.25) is 14.6 Å². The molecule has 0 saturated carbocycles. The number of carbonyl (C=O) groups is 2. The van der Waals surface area contributed by atoms with Crippen molar-refractivity contribution in [2.45, 2.75) is 20.3 Å². The third kappa shape index (κ3) is 4.04. The minimum absolute atomic E-state index is 0.0633. The van der Waals surface area contributed by atoms with Gasteiger partial charge in [0.1, 0.15) is 0 Å². The molecule has 1 aromatic heterocycles. The maximum Gasteiger partial charge on any atom is 0.255 e. The second-order valence-electron chi connectivity index (χ2n) is 3.95. The van der Waals surface area contributed by atoms with Crippen molar-refractivity contribution in [1.29, 1.82) is 0 Å². The van der Waals surface area contributed by atoms with Crippen molar-refractivity contribution in [3.8, 4) is 0 Å². The molecule has 0 aliphatic rings. The van der Waals surface area contributed by atoms with Crippen LogP contribution in [0.25, 0.3) is 0 Å². The summed E-state index contributed by atoms with van der Waals surface area (Å²) in [5, 5.41) is 5.16. The summed E-state index contributed by atoms with van der Waals surface area (Å²) in [6.45, 7) is 4.28. The summed E-state index contributed by atoms with van der Waals surface area (Å²) in [5.41, 5.74) is 7.08. The molecule has 0 saturated heterocycles. The molecule has 0 radical (unpaired) electrons. The van der Waals surface area contributed by atoms with E-state index < -0.39 is 5.91 Å². The van der Waals surface area contributed by atoms with E-state index in [-0.39, 0.29) is 18.0 Å². The van der Waals surface area contributed by atoms with E-state index in [0.717, 1.165) is 12.1 Å². The second-order valence-corrected chi connectivity index (χ2v) is 3.95.